The summed E-state index contributed by atoms with van der Waals surface area (Å²) >= 11 is 7.29. The quantitative estimate of drug-likeness (QED) is 0.625. The Labute approximate surface area is 161 Å². The Hall–Kier alpha value is -2.37. The third-order valence-electron chi connectivity index (χ3n) is 3.82. The minimum atomic E-state index is -0.194. The van der Waals surface area contributed by atoms with Crippen LogP contribution in [0.25, 0.3) is 0 Å². The van der Waals surface area contributed by atoms with Gasteiger partial charge in [-0.05, 0) is 56.2 Å². The Balaban J connectivity index is 1.70. The first-order chi connectivity index (χ1) is 12.4. The Kier molecular flexibility index (Phi) is 5.59. The first-order valence-electron chi connectivity index (χ1n) is 8.15. The van der Waals surface area contributed by atoms with Crippen molar-refractivity contribution in [3.05, 3.63) is 74.2 Å². The number of hydrogen-bond acceptors (Lipinski definition) is 4. The van der Waals surface area contributed by atoms with Gasteiger partial charge in [-0.3, -0.25) is 4.79 Å². The van der Waals surface area contributed by atoms with E-state index in [1.807, 2.05) is 39.0 Å². The molecule has 6 heteroatoms. The lowest BCUT2D eigenvalue weighted by Gasteiger charge is -2.08. The minimum absolute atomic E-state index is 0.194. The molecular weight excluding hydrogens is 368 g/mol. The summed E-state index contributed by atoms with van der Waals surface area (Å²) in [7, 11) is 0. The van der Waals surface area contributed by atoms with E-state index >= 15 is 0 Å². The van der Waals surface area contributed by atoms with Crippen molar-refractivity contribution < 1.29 is 9.53 Å². The molecule has 0 saturated carbocycles. The van der Waals surface area contributed by atoms with E-state index in [4.69, 9.17) is 16.3 Å². The maximum atomic E-state index is 12.5. The third kappa shape index (κ3) is 4.42. The minimum Gasteiger partial charge on any atom is -0.486 e. The molecule has 0 fully saturated rings. The number of rotatable bonds is 5. The van der Waals surface area contributed by atoms with Gasteiger partial charge in [-0.25, -0.2) is 4.98 Å². The number of ether oxygens (including phenoxy) is 1. The van der Waals surface area contributed by atoms with Crippen LogP contribution in [-0.2, 0) is 6.61 Å². The number of anilines is 1. The maximum Gasteiger partial charge on any atom is 0.267 e. The highest BCUT2D eigenvalue weighted by molar-refractivity contribution is 7.13. The van der Waals surface area contributed by atoms with Crippen molar-refractivity contribution in [2.24, 2.45) is 0 Å². The number of hydrogen-bond donors (Lipinski definition) is 1. The van der Waals surface area contributed by atoms with Crippen molar-refractivity contribution in [2.45, 2.75) is 27.4 Å². The summed E-state index contributed by atoms with van der Waals surface area (Å²) in [5, 5.41) is 4.19. The average Bonchev–Trinajstić information content (AvgIpc) is 2.96. The van der Waals surface area contributed by atoms with Crippen LogP contribution in [0.3, 0.4) is 0 Å². The molecule has 0 aliphatic carbocycles. The number of halogens is 1. The molecule has 2 aromatic carbocycles. The fourth-order valence-electron chi connectivity index (χ4n) is 2.48. The highest BCUT2D eigenvalue weighted by Crippen LogP contribution is 2.24. The van der Waals surface area contributed by atoms with Gasteiger partial charge in [0.2, 0.25) is 0 Å². The lowest BCUT2D eigenvalue weighted by molar-refractivity contribution is 0.103. The molecule has 0 spiro atoms. The highest BCUT2D eigenvalue weighted by Gasteiger charge is 2.16. The van der Waals surface area contributed by atoms with Gasteiger partial charge in [-0.15, -0.1) is 11.3 Å². The summed E-state index contributed by atoms with van der Waals surface area (Å²) < 4.78 is 5.88. The first kappa shape index (κ1) is 18.4. The topological polar surface area (TPSA) is 51.2 Å². The molecule has 3 rings (SSSR count). The van der Waals surface area contributed by atoms with Gasteiger partial charge in [-0.2, -0.15) is 0 Å². The Morgan fingerprint density at radius 1 is 1.19 bits per heavy atom. The monoisotopic (exact) mass is 386 g/mol. The molecule has 26 heavy (non-hydrogen) atoms. The zero-order valence-corrected chi connectivity index (χ0v) is 16.4. The van der Waals surface area contributed by atoms with E-state index in [2.05, 4.69) is 10.3 Å². The van der Waals surface area contributed by atoms with Gasteiger partial charge in [0.25, 0.3) is 5.91 Å². The van der Waals surface area contributed by atoms with E-state index in [0.29, 0.717) is 27.9 Å². The van der Waals surface area contributed by atoms with Crippen LogP contribution in [0, 0.1) is 20.8 Å². The molecule has 1 aromatic heterocycles. The summed E-state index contributed by atoms with van der Waals surface area (Å²) in [6.45, 7) is 6.19. The summed E-state index contributed by atoms with van der Waals surface area (Å²) in [5.74, 6) is 0.642. The molecule has 0 aliphatic heterocycles. The molecule has 1 amide bonds. The van der Waals surface area contributed by atoms with E-state index in [-0.39, 0.29) is 5.91 Å². The van der Waals surface area contributed by atoms with E-state index in [1.54, 1.807) is 24.3 Å². The van der Waals surface area contributed by atoms with E-state index < -0.39 is 0 Å². The van der Waals surface area contributed by atoms with Crippen molar-refractivity contribution in [2.75, 3.05) is 5.32 Å². The molecule has 3 aromatic rings. The first-order valence-corrected chi connectivity index (χ1v) is 9.35. The smallest absolute Gasteiger partial charge is 0.267 e. The molecule has 0 saturated heterocycles. The van der Waals surface area contributed by atoms with Crippen LogP contribution in [0.5, 0.6) is 5.75 Å². The van der Waals surface area contributed by atoms with Crippen molar-refractivity contribution in [3.63, 3.8) is 0 Å². The van der Waals surface area contributed by atoms with Gasteiger partial charge in [0.05, 0.1) is 5.69 Å². The summed E-state index contributed by atoms with van der Waals surface area (Å²) in [5.41, 5.74) is 3.56. The van der Waals surface area contributed by atoms with Gasteiger partial charge < -0.3 is 10.1 Å². The van der Waals surface area contributed by atoms with Gasteiger partial charge in [0.15, 0.2) is 0 Å². The molecule has 1 heterocycles. The average molecular weight is 387 g/mol. The number of nitrogens with one attached hydrogen (secondary N) is 1. The molecule has 0 aliphatic rings. The van der Waals surface area contributed by atoms with Crippen molar-refractivity contribution in [3.8, 4) is 5.75 Å². The number of benzene rings is 2. The van der Waals surface area contributed by atoms with Crippen LogP contribution in [-0.4, -0.2) is 10.9 Å². The van der Waals surface area contributed by atoms with Crippen molar-refractivity contribution in [1.82, 2.24) is 4.98 Å². The van der Waals surface area contributed by atoms with E-state index in [0.717, 1.165) is 21.9 Å². The van der Waals surface area contributed by atoms with Gasteiger partial charge >= 0.3 is 0 Å². The Morgan fingerprint density at radius 3 is 2.77 bits per heavy atom. The van der Waals surface area contributed by atoms with Crippen molar-refractivity contribution in [1.29, 1.82) is 0 Å². The van der Waals surface area contributed by atoms with Crippen LogP contribution in [0.4, 0.5) is 5.69 Å². The normalized spacial score (nSPS) is 10.6. The summed E-state index contributed by atoms with van der Waals surface area (Å²) in [6.07, 6.45) is 0. The second-order valence-electron chi connectivity index (χ2n) is 6.04. The molecule has 0 bridgehead atoms. The number of aromatic nitrogens is 1. The SMILES string of the molecule is Cc1ccc(C)c(OCc2nc(C)c(C(=O)Nc3cccc(Cl)c3)s2)c1. The largest absolute Gasteiger partial charge is 0.486 e. The molecule has 0 radical (unpaired) electrons. The lowest BCUT2D eigenvalue weighted by atomic mass is 10.1. The number of nitrogens with zero attached hydrogens (tertiary/aromatic N) is 1. The van der Waals surface area contributed by atoms with Gasteiger partial charge in [-0.1, -0.05) is 29.8 Å². The predicted octanol–water partition coefficient (Wildman–Crippen LogP) is 5.55. The van der Waals surface area contributed by atoms with Crippen molar-refractivity contribution >= 4 is 34.5 Å². The Morgan fingerprint density at radius 2 is 2.00 bits per heavy atom. The van der Waals surface area contributed by atoms with Crippen LogP contribution in [0.15, 0.2) is 42.5 Å². The fourth-order valence-corrected chi connectivity index (χ4v) is 3.54. The standard InChI is InChI=1S/C20H19ClN2O2S/c1-12-7-8-13(2)17(9-12)25-11-18-22-14(3)19(26-18)20(24)23-16-6-4-5-15(21)10-16/h4-10H,11H2,1-3H3,(H,23,24). The van der Waals surface area contributed by atoms with Crippen LogP contribution in [0.1, 0.15) is 31.5 Å². The van der Waals surface area contributed by atoms with Gasteiger partial charge in [0.1, 0.15) is 22.2 Å². The molecule has 0 unspecified atom stereocenters. The number of aryl methyl sites for hydroxylation is 3. The number of carbonyl (C=O) groups excluding carboxylic acids is 1. The molecule has 4 nitrogen and oxygen atoms in total. The molecule has 0 atom stereocenters. The second kappa shape index (κ2) is 7.89. The highest BCUT2D eigenvalue weighted by atomic mass is 35.5. The number of carbonyl (C=O) groups is 1. The summed E-state index contributed by atoms with van der Waals surface area (Å²) in [6, 6.07) is 13.1. The molecule has 134 valence electrons. The van der Waals surface area contributed by atoms with Gasteiger partial charge in [0, 0.05) is 10.7 Å². The fraction of sp³-hybridized carbons (Fsp3) is 0.200. The van der Waals surface area contributed by atoms with E-state index in [1.165, 1.54) is 11.3 Å². The zero-order chi connectivity index (χ0) is 18.7. The van der Waals surface area contributed by atoms with E-state index in [9.17, 15) is 4.79 Å². The lowest BCUT2D eigenvalue weighted by Crippen LogP contribution is -2.11. The maximum absolute atomic E-state index is 12.5. The van der Waals surface area contributed by atoms with Crippen LogP contribution < -0.4 is 10.1 Å². The predicted molar refractivity (Wildman–Crippen MR) is 107 cm³/mol. The zero-order valence-electron chi connectivity index (χ0n) is 14.8. The number of amides is 1. The third-order valence-corrected chi connectivity index (χ3v) is 5.19. The molecular formula is C20H19ClN2O2S. The Bertz CT molecular complexity index is 953. The van der Waals surface area contributed by atoms with Crippen LogP contribution in [0.2, 0.25) is 5.02 Å². The molecule has 1 N–H and O–H groups in total. The second-order valence-corrected chi connectivity index (χ2v) is 7.56. The summed E-state index contributed by atoms with van der Waals surface area (Å²) in [4.78, 5) is 17.5. The van der Waals surface area contributed by atoms with Crippen LogP contribution >= 0.6 is 22.9 Å². The number of thiazole rings is 1.